The zero-order valence-corrected chi connectivity index (χ0v) is 17.8. The summed E-state index contributed by atoms with van der Waals surface area (Å²) in [5, 5.41) is 0. The van der Waals surface area contributed by atoms with Crippen molar-refractivity contribution in [3.63, 3.8) is 0 Å². The van der Waals surface area contributed by atoms with Crippen molar-refractivity contribution in [3.05, 3.63) is 42.2 Å². The maximum absolute atomic E-state index is 12.3. The van der Waals surface area contributed by atoms with Crippen LogP contribution in [-0.2, 0) is 0 Å². The second-order valence-electron chi connectivity index (χ2n) is 9.17. The molecule has 0 heterocycles. The maximum Gasteiger partial charge on any atom is 0.119 e. The summed E-state index contributed by atoms with van der Waals surface area (Å²) in [6.07, 6.45) is 18.1. The average molecular weight is 387 g/mol. The van der Waals surface area contributed by atoms with Gasteiger partial charge in [-0.15, -0.1) is 0 Å². The van der Waals surface area contributed by atoms with E-state index in [1.807, 2.05) is 0 Å². The van der Waals surface area contributed by atoms with Gasteiger partial charge in [0.2, 0.25) is 0 Å². The van der Waals surface area contributed by atoms with Crippen molar-refractivity contribution >= 4 is 0 Å². The normalized spacial score (nSPS) is 28.5. The van der Waals surface area contributed by atoms with Crippen LogP contribution in [0.3, 0.4) is 0 Å². The van der Waals surface area contributed by atoms with Crippen LogP contribution in [0.2, 0.25) is 0 Å². The van der Waals surface area contributed by atoms with Gasteiger partial charge in [-0.1, -0.05) is 44.4 Å². The maximum atomic E-state index is 12.3. The van der Waals surface area contributed by atoms with Crippen molar-refractivity contribution < 1.29 is 9.13 Å². The molecule has 3 rings (SSSR count). The minimum absolute atomic E-state index is 0.500. The minimum Gasteiger partial charge on any atom is -0.494 e. The lowest BCUT2D eigenvalue weighted by atomic mass is 9.74. The zero-order valence-electron chi connectivity index (χ0n) is 17.8. The second kappa shape index (κ2) is 11.6. The molecule has 1 nitrogen and oxygen atoms in total. The molecule has 28 heavy (non-hydrogen) atoms. The van der Waals surface area contributed by atoms with E-state index in [2.05, 4.69) is 31.2 Å². The first-order chi connectivity index (χ1) is 13.8. The van der Waals surface area contributed by atoms with Gasteiger partial charge in [0.15, 0.2) is 0 Å². The van der Waals surface area contributed by atoms with Crippen molar-refractivity contribution in [1.29, 1.82) is 0 Å². The fourth-order valence-electron chi connectivity index (χ4n) is 5.20. The van der Waals surface area contributed by atoms with Gasteiger partial charge in [-0.05, 0) is 99.2 Å². The topological polar surface area (TPSA) is 9.23 Å². The molecule has 0 atom stereocenters. The third-order valence-electron chi connectivity index (χ3n) is 7.18. The van der Waals surface area contributed by atoms with Crippen molar-refractivity contribution in [2.75, 3.05) is 6.61 Å². The van der Waals surface area contributed by atoms with E-state index in [4.69, 9.17) is 4.74 Å². The van der Waals surface area contributed by atoms with Crippen LogP contribution in [0.1, 0.15) is 95.5 Å². The Morgan fingerprint density at radius 1 is 0.893 bits per heavy atom. The molecule has 2 saturated carbocycles. The zero-order chi connectivity index (χ0) is 19.6. The summed E-state index contributed by atoms with van der Waals surface area (Å²) in [6.45, 7) is 3.02. The summed E-state index contributed by atoms with van der Waals surface area (Å²) in [5.41, 5.74) is 1.50. The van der Waals surface area contributed by atoms with E-state index < -0.39 is 0 Å². The van der Waals surface area contributed by atoms with Gasteiger partial charge in [0.05, 0.1) is 12.9 Å². The Morgan fingerprint density at radius 2 is 1.50 bits per heavy atom. The van der Waals surface area contributed by atoms with Crippen LogP contribution in [0, 0.1) is 17.8 Å². The van der Waals surface area contributed by atoms with Gasteiger partial charge in [-0.2, -0.15) is 0 Å². The van der Waals surface area contributed by atoms with Gasteiger partial charge in [0.25, 0.3) is 0 Å². The lowest BCUT2D eigenvalue weighted by molar-refractivity contribution is 0.245. The van der Waals surface area contributed by atoms with Crippen LogP contribution in [0.4, 0.5) is 4.39 Å². The monoisotopic (exact) mass is 386 g/mol. The highest BCUT2D eigenvalue weighted by atomic mass is 19.1. The minimum atomic E-state index is 0.500. The van der Waals surface area contributed by atoms with Crippen LogP contribution < -0.4 is 4.74 Å². The number of hydrogen-bond donors (Lipinski definition) is 0. The molecule has 2 aliphatic rings. The van der Waals surface area contributed by atoms with E-state index in [0.29, 0.717) is 5.92 Å². The number of halogens is 1. The summed E-state index contributed by atoms with van der Waals surface area (Å²) < 4.78 is 18.1. The highest BCUT2D eigenvalue weighted by Crippen LogP contribution is 2.40. The van der Waals surface area contributed by atoms with E-state index in [1.54, 1.807) is 6.08 Å². The third kappa shape index (κ3) is 6.64. The van der Waals surface area contributed by atoms with Gasteiger partial charge in [0, 0.05) is 0 Å². The molecular formula is C26H39FO. The van der Waals surface area contributed by atoms with Gasteiger partial charge >= 0.3 is 0 Å². The Hall–Kier alpha value is -1.31. The van der Waals surface area contributed by atoms with Crippen molar-refractivity contribution in [1.82, 2.24) is 0 Å². The lowest BCUT2D eigenvalue weighted by Crippen LogP contribution is -2.17. The molecule has 0 aromatic heterocycles. The van der Waals surface area contributed by atoms with Crippen LogP contribution in [0.15, 0.2) is 36.7 Å². The van der Waals surface area contributed by atoms with Crippen molar-refractivity contribution in [2.24, 2.45) is 17.8 Å². The molecule has 0 spiro atoms. The van der Waals surface area contributed by atoms with Gasteiger partial charge in [0.1, 0.15) is 5.75 Å². The molecule has 156 valence electrons. The Balaban J connectivity index is 1.34. The van der Waals surface area contributed by atoms with Crippen LogP contribution >= 0.6 is 0 Å². The highest BCUT2D eigenvalue weighted by molar-refractivity contribution is 5.29. The molecular weight excluding hydrogens is 347 g/mol. The molecule has 1 aromatic carbocycles. The van der Waals surface area contributed by atoms with Crippen LogP contribution in [-0.4, -0.2) is 6.61 Å². The van der Waals surface area contributed by atoms with E-state index in [0.717, 1.165) is 42.9 Å². The lowest BCUT2D eigenvalue weighted by Gasteiger charge is -2.31. The first kappa shape index (κ1) is 21.4. The Labute approximate surface area is 171 Å². The molecule has 0 N–H and O–H groups in total. The molecule has 0 saturated heterocycles. The Kier molecular flexibility index (Phi) is 8.89. The smallest absolute Gasteiger partial charge is 0.119 e. The molecule has 2 heteroatoms. The van der Waals surface area contributed by atoms with Gasteiger partial charge < -0.3 is 4.74 Å². The predicted octanol–water partition coefficient (Wildman–Crippen LogP) is 8.21. The number of benzene rings is 1. The fourth-order valence-corrected chi connectivity index (χ4v) is 5.20. The second-order valence-corrected chi connectivity index (χ2v) is 9.17. The SMILES string of the molecule is CCCCOc1ccc(C2CCC(CCC3CCC(/C=C/F)CC3)CC2)cc1. The first-order valence-electron chi connectivity index (χ1n) is 11.8. The van der Waals surface area contributed by atoms with Crippen molar-refractivity contribution in [2.45, 2.75) is 89.9 Å². The Bertz CT molecular complexity index is 563. The van der Waals surface area contributed by atoms with Gasteiger partial charge in [-0.3, -0.25) is 0 Å². The predicted molar refractivity (Wildman–Crippen MR) is 116 cm³/mol. The summed E-state index contributed by atoms with van der Waals surface area (Å²) in [7, 11) is 0. The van der Waals surface area contributed by atoms with Crippen LogP contribution in [0.25, 0.3) is 0 Å². The molecule has 0 bridgehead atoms. The fraction of sp³-hybridized carbons (Fsp3) is 0.692. The third-order valence-corrected chi connectivity index (χ3v) is 7.18. The number of unbranched alkanes of at least 4 members (excludes halogenated alkanes) is 1. The van der Waals surface area contributed by atoms with Crippen LogP contribution in [0.5, 0.6) is 5.75 Å². The molecule has 0 aliphatic heterocycles. The quantitative estimate of drug-likeness (QED) is 0.388. The molecule has 2 fully saturated rings. The van der Waals surface area contributed by atoms with E-state index in [9.17, 15) is 4.39 Å². The summed E-state index contributed by atoms with van der Waals surface area (Å²) >= 11 is 0. The van der Waals surface area contributed by atoms with Gasteiger partial charge in [-0.25, -0.2) is 4.39 Å². The molecule has 0 radical (unpaired) electrons. The van der Waals surface area contributed by atoms with E-state index in [-0.39, 0.29) is 0 Å². The number of allylic oxidation sites excluding steroid dienone is 1. The van der Waals surface area contributed by atoms with Crippen molar-refractivity contribution in [3.8, 4) is 5.75 Å². The number of ether oxygens (including phenoxy) is 1. The largest absolute Gasteiger partial charge is 0.494 e. The molecule has 2 aliphatic carbocycles. The summed E-state index contributed by atoms with van der Waals surface area (Å²) in [5.74, 6) is 4.07. The average Bonchev–Trinajstić information content (AvgIpc) is 2.75. The highest BCUT2D eigenvalue weighted by Gasteiger charge is 2.25. The molecule has 0 unspecified atom stereocenters. The number of hydrogen-bond acceptors (Lipinski definition) is 1. The van der Waals surface area contributed by atoms with E-state index in [1.165, 1.54) is 76.2 Å². The Morgan fingerprint density at radius 3 is 2.07 bits per heavy atom. The standard InChI is InChI=1S/C26H39FO/c1-2-3-20-28-26-16-14-25(15-17-26)24-12-10-22(11-13-24)5-4-21-6-8-23(9-7-21)18-19-27/h14-19,21-24H,2-13,20H2,1H3/b19-18+. The molecule has 1 aromatic rings. The van der Waals surface area contributed by atoms with E-state index >= 15 is 0 Å². The summed E-state index contributed by atoms with van der Waals surface area (Å²) in [4.78, 5) is 0. The summed E-state index contributed by atoms with van der Waals surface area (Å²) in [6, 6.07) is 8.89. The molecule has 0 amide bonds. The first-order valence-corrected chi connectivity index (χ1v) is 11.8. The number of rotatable bonds is 9.